The van der Waals surface area contributed by atoms with Gasteiger partial charge in [0.05, 0.1) is 5.92 Å². The van der Waals surface area contributed by atoms with E-state index in [2.05, 4.69) is 44.7 Å². The lowest BCUT2D eigenvalue weighted by Crippen LogP contribution is -2.52. The average molecular weight is 393 g/mol. The molecule has 1 aromatic carbocycles. The molecule has 6 nitrogen and oxygen atoms in total. The van der Waals surface area contributed by atoms with Crippen molar-refractivity contribution in [1.82, 2.24) is 15.5 Å². The summed E-state index contributed by atoms with van der Waals surface area (Å²) in [6.07, 6.45) is 3.47. The highest BCUT2D eigenvalue weighted by Gasteiger charge is 2.28. The molecular formula is C20H29ClN4O2. The third kappa shape index (κ3) is 4.62. The first-order chi connectivity index (χ1) is 12.7. The normalized spacial score (nSPS) is 25.0. The van der Waals surface area contributed by atoms with E-state index in [9.17, 15) is 9.59 Å². The van der Waals surface area contributed by atoms with Crippen molar-refractivity contribution in [2.45, 2.75) is 37.6 Å². The summed E-state index contributed by atoms with van der Waals surface area (Å²) in [6.45, 7) is 6.75. The third-order valence-electron chi connectivity index (χ3n) is 6.03. The lowest BCUT2D eigenvalue weighted by atomic mass is 9.90. The summed E-state index contributed by atoms with van der Waals surface area (Å²) in [5.74, 6) is -0.513. The molecule has 0 radical (unpaired) electrons. The van der Waals surface area contributed by atoms with Gasteiger partial charge in [-0.25, -0.2) is 0 Å². The van der Waals surface area contributed by atoms with E-state index in [0.29, 0.717) is 12.8 Å². The van der Waals surface area contributed by atoms with Gasteiger partial charge in [0.15, 0.2) is 0 Å². The summed E-state index contributed by atoms with van der Waals surface area (Å²) < 4.78 is 0. The smallest absolute Gasteiger partial charge is 0.234 e. The topological polar surface area (TPSA) is 64.7 Å². The lowest BCUT2D eigenvalue weighted by molar-refractivity contribution is -0.134. The predicted molar refractivity (Wildman–Crippen MR) is 108 cm³/mol. The molecule has 4 rings (SSSR count). The van der Waals surface area contributed by atoms with Gasteiger partial charge in [0.25, 0.3) is 0 Å². The van der Waals surface area contributed by atoms with Crippen molar-refractivity contribution >= 4 is 29.9 Å². The van der Waals surface area contributed by atoms with E-state index in [0.717, 1.165) is 37.8 Å². The van der Waals surface area contributed by atoms with Gasteiger partial charge in [-0.2, -0.15) is 0 Å². The Hall–Kier alpha value is -1.63. The number of hydrogen-bond acceptors (Lipinski definition) is 5. The standard InChI is InChI=1S/C20H28N4O2.ClH/c25-19-6-5-18(20(26)22-19)15-1-3-16(4-2-15)23-11-7-17(8-12-23)24-13-9-21-10-14-24;/h1-4,17-18,21H,5-14H2,(H,22,25,26);1H. The van der Waals surface area contributed by atoms with E-state index in [1.54, 1.807) is 0 Å². The Morgan fingerprint density at radius 2 is 1.56 bits per heavy atom. The molecule has 0 bridgehead atoms. The number of carbonyl (C=O) groups is 2. The summed E-state index contributed by atoms with van der Waals surface area (Å²) in [7, 11) is 0. The highest BCUT2D eigenvalue weighted by Crippen LogP contribution is 2.28. The molecule has 2 N–H and O–H groups in total. The number of halogens is 1. The van der Waals surface area contributed by atoms with E-state index < -0.39 is 0 Å². The van der Waals surface area contributed by atoms with Crippen LogP contribution < -0.4 is 15.5 Å². The lowest BCUT2D eigenvalue weighted by Gasteiger charge is -2.41. The summed E-state index contributed by atoms with van der Waals surface area (Å²) in [6, 6.07) is 9.08. The second-order valence-electron chi connectivity index (χ2n) is 7.60. The van der Waals surface area contributed by atoms with Crippen molar-refractivity contribution in [2.24, 2.45) is 0 Å². The first-order valence-electron chi connectivity index (χ1n) is 9.84. The van der Waals surface area contributed by atoms with Gasteiger partial charge in [-0.1, -0.05) is 12.1 Å². The van der Waals surface area contributed by atoms with Crippen LogP contribution in [0.25, 0.3) is 0 Å². The molecular weight excluding hydrogens is 364 g/mol. The maximum Gasteiger partial charge on any atom is 0.234 e. The average Bonchev–Trinajstić information content (AvgIpc) is 2.69. The Morgan fingerprint density at radius 1 is 0.889 bits per heavy atom. The van der Waals surface area contributed by atoms with Crippen LogP contribution >= 0.6 is 12.4 Å². The van der Waals surface area contributed by atoms with Crippen molar-refractivity contribution in [3.8, 4) is 0 Å². The van der Waals surface area contributed by atoms with Crippen molar-refractivity contribution in [3.63, 3.8) is 0 Å². The first kappa shape index (κ1) is 20.1. The van der Waals surface area contributed by atoms with E-state index in [1.165, 1.54) is 31.6 Å². The Labute approximate surface area is 167 Å². The number of imide groups is 1. The first-order valence-corrected chi connectivity index (χ1v) is 9.84. The molecule has 0 aliphatic carbocycles. The van der Waals surface area contributed by atoms with Crippen molar-refractivity contribution in [3.05, 3.63) is 29.8 Å². The fourth-order valence-corrected chi connectivity index (χ4v) is 4.47. The number of benzene rings is 1. The van der Waals surface area contributed by atoms with Gasteiger partial charge in [0, 0.05) is 57.4 Å². The molecule has 3 fully saturated rings. The highest BCUT2D eigenvalue weighted by atomic mass is 35.5. The second kappa shape index (κ2) is 9.04. The molecule has 3 aliphatic heterocycles. The SMILES string of the molecule is Cl.O=C1CCC(c2ccc(N3CCC(N4CCNCC4)CC3)cc2)C(=O)N1. The van der Waals surface area contributed by atoms with Gasteiger partial charge in [0.1, 0.15) is 0 Å². The molecule has 27 heavy (non-hydrogen) atoms. The molecule has 1 atom stereocenters. The van der Waals surface area contributed by atoms with Crippen LogP contribution in [0.2, 0.25) is 0 Å². The third-order valence-corrected chi connectivity index (χ3v) is 6.03. The Kier molecular flexibility index (Phi) is 6.73. The van der Waals surface area contributed by atoms with E-state index in [1.807, 2.05) is 0 Å². The van der Waals surface area contributed by atoms with Crippen molar-refractivity contribution < 1.29 is 9.59 Å². The minimum Gasteiger partial charge on any atom is -0.371 e. The molecule has 3 aliphatic rings. The van der Waals surface area contributed by atoms with Gasteiger partial charge in [-0.05, 0) is 37.0 Å². The zero-order valence-corrected chi connectivity index (χ0v) is 16.5. The highest BCUT2D eigenvalue weighted by molar-refractivity contribution is 6.00. The van der Waals surface area contributed by atoms with Gasteiger partial charge in [-0.3, -0.25) is 19.8 Å². The maximum atomic E-state index is 12.0. The van der Waals surface area contributed by atoms with Gasteiger partial charge < -0.3 is 10.2 Å². The molecule has 1 unspecified atom stereocenters. The van der Waals surface area contributed by atoms with Crippen LogP contribution in [-0.4, -0.2) is 62.0 Å². The molecule has 1 aromatic rings. The van der Waals surface area contributed by atoms with Gasteiger partial charge in [-0.15, -0.1) is 12.4 Å². The number of nitrogens with one attached hydrogen (secondary N) is 2. The summed E-state index contributed by atoms with van der Waals surface area (Å²) in [4.78, 5) is 28.4. The number of nitrogens with zero attached hydrogens (tertiary/aromatic N) is 2. The second-order valence-corrected chi connectivity index (χ2v) is 7.60. The molecule has 3 heterocycles. The van der Waals surface area contributed by atoms with Crippen molar-refractivity contribution in [2.75, 3.05) is 44.2 Å². The molecule has 0 spiro atoms. The Balaban J connectivity index is 0.00000210. The number of anilines is 1. The molecule has 3 saturated heterocycles. The molecule has 148 valence electrons. The van der Waals surface area contributed by atoms with Crippen LogP contribution in [0.3, 0.4) is 0 Å². The van der Waals surface area contributed by atoms with Crippen LogP contribution in [0.1, 0.15) is 37.2 Å². The number of hydrogen-bond donors (Lipinski definition) is 2. The fourth-order valence-electron chi connectivity index (χ4n) is 4.47. The summed E-state index contributed by atoms with van der Waals surface area (Å²) >= 11 is 0. The van der Waals surface area contributed by atoms with Crippen LogP contribution in [0.5, 0.6) is 0 Å². The number of piperidine rings is 2. The minimum atomic E-state index is -0.194. The van der Waals surface area contributed by atoms with Crippen molar-refractivity contribution in [1.29, 1.82) is 0 Å². The quantitative estimate of drug-likeness (QED) is 0.763. The predicted octanol–water partition coefficient (Wildman–Crippen LogP) is 1.50. The number of piperazine rings is 1. The molecule has 0 saturated carbocycles. The monoisotopic (exact) mass is 392 g/mol. The van der Waals surface area contributed by atoms with E-state index in [-0.39, 0.29) is 30.1 Å². The fraction of sp³-hybridized carbons (Fsp3) is 0.600. The Bertz CT molecular complexity index is 652. The van der Waals surface area contributed by atoms with Crippen LogP contribution in [0.15, 0.2) is 24.3 Å². The zero-order chi connectivity index (χ0) is 17.9. The number of carbonyl (C=O) groups excluding carboxylic acids is 2. The maximum absolute atomic E-state index is 12.0. The van der Waals surface area contributed by atoms with Crippen LogP contribution in [0.4, 0.5) is 5.69 Å². The molecule has 7 heteroatoms. The minimum absolute atomic E-state index is 0. The Morgan fingerprint density at radius 3 is 2.19 bits per heavy atom. The summed E-state index contributed by atoms with van der Waals surface area (Å²) in [5, 5.41) is 5.87. The number of rotatable bonds is 3. The van der Waals surface area contributed by atoms with E-state index in [4.69, 9.17) is 0 Å². The van der Waals surface area contributed by atoms with E-state index >= 15 is 0 Å². The van der Waals surface area contributed by atoms with Crippen LogP contribution in [-0.2, 0) is 9.59 Å². The van der Waals surface area contributed by atoms with Gasteiger partial charge >= 0.3 is 0 Å². The molecule has 2 amide bonds. The zero-order valence-electron chi connectivity index (χ0n) is 15.7. The summed E-state index contributed by atoms with van der Waals surface area (Å²) in [5.41, 5.74) is 2.24. The van der Waals surface area contributed by atoms with Gasteiger partial charge in [0.2, 0.25) is 11.8 Å². The largest absolute Gasteiger partial charge is 0.371 e. The van der Waals surface area contributed by atoms with Crippen LogP contribution in [0, 0.1) is 0 Å². The number of amides is 2. The molecule has 0 aromatic heterocycles.